The first kappa shape index (κ1) is 26.7. The summed E-state index contributed by atoms with van der Waals surface area (Å²) in [6.45, 7) is -0.625. The number of hydrogen-bond donors (Lipinski definition) is 2. The molecule has 2 unspecified atom stereocenters. The van der Waals surface area contributed by atoms with Crippen molar-refractivity contribution in [2.45, 2.75) is 30.8 Å². The number of alkyl halides is 3. The maximum absolute atomic E-state index is 13.1. The lowest BCUT2D eigenvalue weighted by Gasteiger charge is -2.29. The normalized spacial score (nSPS) is 13.8. The summed E-state index contributed by atoms with van der Waals surface area (Å²) in [4.78, 5) is 31.7. The monoisotopic (exact) mass is 505 g/mol. The molecule has 0 saturated heterocycles. The van der Waals surface area contributed by atoms with E-state index < -0.39 is 54.5 Å². The van der Waals surface area contributed by atoms with Gasteiger partial charge in [-0.25, -0.2) is 19.6 Å². The number of carboxylic acid groups (broad SMARTS) is 2. The smallest absolute Gasteiger partial charge is 0.433 e. The Kier molecular flexibility index (Phi) is 7.96. The fourth-order valence-corrected chi connectivity index (χ4v) is 3.59. The summed E-state index contributed by atoms with van der Waals surface area (Å²) in [6, 6.07) is 10.1. The number of aromatic nitrogens is 3. The molecule has 0 amide bonds. The van der Waals surface area contributed by atoms with Crippen LogP contribution in [0.5, 0.6) is 0 Å². The SMILES string of the molecule is C#CC(Cn1cnc2ccc(C(F)(F)F)nc21)C(COC(Cc1ccccc1)(C(=O)O)C(=O)O)OC. The second-order valence-electron chi connectivity index (χ2n) is 7.89. The van der Waals surface area contributed by atoms with Gasteiger partial charge in [0.25, 0.3) is 5.60 Å². The minimum atomic E-state index is -4.66. The Morgan fingerprint density at radius 3 is 2.36 bits per heavy atom. The number of aliphatic carboxylic acids is 2. The molecule has 2 atom stereocenters. The highest BCUT2D eigenvalue weighted by Crippen LogP contribution is 2.29. The van der Waals surface area contributed by atoms with Gasteiger partial charge < -0.3 is 24.3 Å². The molecule has 3 aromatic rings. The zero-order chi connectivity index (χ0) is 26.5. The van der Waals surface area contributed by atoms with Crippen LogP contribution in [0.1, 0.15) is 11.3 Å². The zero-order valence-electron chi connectivity index (χ0n) is 19.0. The van der Waals surface area contributed by atoms with Gasteiger partial charge in [0.05, 0.1) is 25.0 Å². The number of fused-ring (bicyclic) bond motifs is 1. The van der Waals surface area contributed by atoms with Crippen LogP contribution in [-0.4, -0.2) is 62.1 Å². The third-order valence-corrected chi connectivity index (χ3v) is 5.59. The molecule has 0 aliphatic carbocycles. The maximum atomic E-state index is 13.1. The van der Waals surface area contributed by atoms with Crippen LogP contribution in [0.2, 0.25) is 0 Å². The molecule has 3 rings (SSSR count). The van der Waals surface area contributed by atoms with Crippen LogP contribution in [0.15, 0.2) is 48.8 Å². The van der Waals surface area contributed by atoms with E-state index in [1.54, 1.807) is 30.3 Å². The number of imidazole rings is 1. The van der Waals surface area contributed by atoms with E-state index in [9.17, 15) is 33.0 Å². The summed E-state index contributed by atoms with van der Waals surface area (Å²) < 4.78 is 51.4. The molecule has 0 aliphatic rings. The number of rotatable bonds is 11. The molecule has 0 bridgehead atoms. The van der Waals surface area contributed by atoms with Crippen LogP contribution in [0.3, 0.4) is 0 Å². The zero-order valence-corrected chi connectivity index (χ0v) is 19.0. The predicted molar refractivity (Wildman–Crippen MR) is 120 cm³/mol. The average Bonchev–Trinajstić information content (AvgIpc) is 3.24. The number of carboxylic acids is 2. The largest absolute Gasteiger partial charge is 0.479 e. The number of ether oxygens (including phenoxy) is 2. The molecule has 0 radical (unpaired) electrons. The highest BCUT2D eigenvalue weighted by Gasteiger charge is 2.49. The van der Waals surface area contributed by atoms with Crippen molar-refractivity contribution in [2.24, 2.45) is 5.92 Å². The molecule has 190 valence electrons. The molecule has 9 nitrogen and oxygen atoms in total. The molecular formula is C24H22F3N3O6. The van der Waals surface area contributed by atoms with Crippen molar-refractivity contribution in [3.63, 3.8) is 0 Å². The van der Waals surface area contributed by atoms with Gasteiger partial charge in [-0.05, 0) is 17.7 Å². The number of halogens is 3. The predicted octanol–water partition coefficient (Wildman–Crippen LogP) is 2.88. The van der Waals surface area contributed by atoms with Crippen LogP contribution >= 0.6 is 0 Å². The molecule has 0 fully saturated rings. The molecule has 2 heterocycles. The van der Waals surface area contributed by atoms with E-state index in [1.165, 1.54) is 24.1 Å². The molecule has 12 heteroatoms. The lowest BCUT2D eigenvalue weighted by Crippen LogP contribution is -2.52. The second-order valence-corrected chi connectivity index (χ2v) is 7.89. The lowest BCUT2D eigenvalue weighted by molar-refractivity contribution is -0.188. The van der Waals surface area contributed by atoms with E-state index in [0.29, 0.717) is 5.56 Å². The number of nitrogens with zero attached hydrogens (tertiary/aromatic N) is 3. The third-order valence-electron chi connectivity index (χ3n) is 5.59. The van der Waals surface area contributed by atoms with Crippen LogP contribution < -0.4 is 0 Å². The van der Waals surface area contributed by atoms with E-state index in [4.69, 9.17) is 15.9 Å². The highest BCUT2D eigenvalue weighted by atomic mass is 19.4. The van der Waals surface area contributed by atoms with Gasteiger partial charge in [-0.3, -0.25) is 0 Å². The second kappa shape index (κ2) is 10.8. The van der Waals surface area contributed by atoms with Gasteiger partial charge in [0.15, 0.2) is 5.65 Å². The quantitative estimate of drug-likeness (QED) is 0.301. The molecule has 2 aromatic heterocycles. The van der Waals surface area contributed by atoms with Gasteiger partial charge in [0.2, 0.25) is 0 Å². The first-order valence-electron chi connectivity index (χ1n) is 10.5. The van der Waals surface area contributed by atoms with E-state index in [1.807, 2.05) is 0 Å². The number of terminal acetylenes is 1. The lowest BCUT2D eigenvalue weighted by atomic mass is 9.94. The van der Waals surface area contributed by atoms with Gasteiger partial charge in [0, 0.05) is 20.1 Å². The summed E-state index contributed by atoms with van der Waals surface area (Å²) in [5.74, 6) is -1.84. The van der Waals surface area contributed by atoms with E-state index in [-0.39, 0.29) is 17.7 Å². The van der Waals surface area contributed by atoms with E-state index in [2.05, 4.69) is 15.9 Å². The minimum absolute atomic E-state index is 0.0599. The number of methoxy groups -OCH3 is 1. The van der Waals surface area contributed by atoms with Gasteiger partial charge in [0.1, 0.15) is 11.2 Å². The van der Waals surface area contributed by atoms with Gasteiger partial charge in [-0.1, -0.05) is 36.3 Å². The standard InChI is InChI=1S/C24H22F3N3O6/c1-3-16(12-30-14-28-17-9-10-19(24(25,26)27)29-20(17)30)18(35-2)13-36-23(21(31)32,22(33)34)11-15-7-5-4-6-8-15/h1,4-10,14,16,18H,11-13H2,2H3,(H,31,32)(H,33,34). The Morgan fingerprint density at radius 1 is 1.14 bits per heavy atom. The maximum Gasteiger partial charge on any atom is 0.433 e. The third kappa shape index (κ3) is 5.64. The summed E-state index contributed by atoms with van der Waals surface area (Å²) in [5.41, 5.74) is -3.16. The van der Waals surface area contributed by atoms with Crippen molar-refractivity contribution in [2.75, 3.05) is 13.7 Å². The van der Waals surface area contributed by atoms with Crippen LogP contribution in [0, 0.1) is 18.3 Å². The Hall–Kier alpha value is -3.95. The first-order chi connectivity index (χ1) is 17.0. The summed E-state index contributed by atoms with van der Waals surface area (Å²) in [5, 5.41) is 19.5. The van der Waals surface area contributed by atoms with Crippen molar-refractivity contribution < 1.29 is 42.4 Å². The van der Waals surface area contributed by atoms with E-state index in [0.717, 1.165) is 6.07 Å². The van der Waals surface area contributed by atoms with Crippen molar-refractivity contribution in [1.29, 1.82) is 0 Å². The Labute approximate surface area is 203 Å². The fourth-order valence-electron chi connectivity index (χ4n) is 3.59. The van der Waals surface area contributed by atoms with Gasteiger partial charge in [-0.2, -0.15) is 13.2 Å². The highest BCUT2D eigenvalue weighted by molar-refractivity contribution is 6.02. The minimum Gasteiger partial charge on any atom is -0.479 e. The van der Waals surface area contributed by atoms with Crippen LogP contribution in [0.4, 0.5) is 13.2 Å². The first-order valence-corrected chi connectivity index (χ1v) is 10.5. The molecule has 0 saturated carbocycles. The average molecular weight is 505 g/mol. The summed E-state index contributed by atoms with van der Waals surface area (Å²) >= 11 is 0. The Balaban J connectivity index is 1.84. The topological polar surface area (TPSA) is 124 Å². The number of carbonyl (C=O) groups is 2. The molecule has 1 aromatic carbocycles. The van der Waals surface area contributed by atoms with Crippen LogP contribution in [0.25, 0.3) is 11.2 Å². The van der Waals surface area contributed by atoms with Gasteiger partial charge >= 0.3 is 18.1 Å². The fraction of sp³-hybridized carbons (Fsp3) is 0.333. The van der Waals surface area contributed by atoms with Crippen molar-refractivity contribution in [1.82, 2.24) is 14.5 Å². The van der Waals surface area contributed by atoms with Crippen molar-refractivity contribution in [3.05, 3.63) is 60.0 Å². The summed E-state index contributed by atoms with van der Waals surface area (Å²) in [7, 11) is 1.27. The van der Waals surface area contributed by atoms with Crippen LogP contribution in [-0.2, 0) is 38.2 Å². The van der Waals surface area contributed by atoms with E-state index >= 15 is 0 Å². The molecule has 36 heavy (non-hydrogen) atoms. The van der Waals surface area contributed by atoms with Crippen molar-refractivity contribution >= 4 is 23.1 Å². The molecule has 2 N–H and O–H groups in total. The Bertz CT molecular complexity index is 1260. The number of pyridine rings is 1. The molecule has 0 aliphatic heterocycles. The van der Waals surface area contributed by atoms with Crippen molar-refractivity contribution in [3.8, 4) is 12.3 Å². The Morgan fingerprint density at radius 2 is 1.81 bits per heavy atom. The summed E-state index contributed by atoms with van der Waals surface area (Å²) in [6.07, 6.45) is 0.774. The molecule has 0 spiro atoms. The number of benzene rings is 1. The van der Waals surface area contributed by atoms with Gasteiger partial charge in [-0.15, -0.1) is 6.42 Å². The number of hydrogen-bond acceptors (Lipinski definition) is 6. The molecular weight excluding hydrogens is 483 g/mol.